The van der Waals surface area contributed by atoms with Crippen LogP contribution in [-0.4, -0.2) is 29.1 Å². The predicted molar refractivity (Wildman–Crippen MR) is 58.1 cm³/mol. The van der Waals surface area contributed by atoms with Crippen molar-refractivity contribution in [3.05, 3.63) is 35.4 Å². The minimum absolute atomic E-state index is 0.130. The maximum absolute atomic E-state index is 12.9. The van der Waals surface area contributed by atoms with Crippen LogP contribution in [0.25, 0.3) is 0 Å². The Morgan fingerprint density at radius 3 is 2.65 bits per heavy atom. The molecule has 1 N–H and O–H groups in total. The van der Waals surface area contributed by atoms with Crippen molar-refractivity contribution in [3.63, 3.8) is 0 Å². The van der Waals surface area contributed by atoms with Gasteiger partial charge in [-0.2, -0.15) is 0 Å². The number of terminal acetylenes is 1. The van der Waals surface area contributed by atoms with Gasteiger partial charge in [0.05, 0.1) is 13.1 Å². The van der Waals surface area contributed by atoms with E-state index in [1.54, 1.807) is 0 Å². The lowest BCUT2D eigenvalue weighted by Gasteiger charge is -2.17. The van der Waals surface area contributed by atoms with E-state index < -0.39 is 17.6 Å². The average molecular weight is 239 g/mol. The summed E-state index contributed by atoms with van der Waals surface area (Å²) in [4.78, 5) is 12.0. The van der Waals surface area contributed by atoms with Crippen LogP contribution in [0.3, 0.4) is 0 Å². The first-order valence-corrected chi connectivity index (χ1v) is 4.84. The molecule has 1 rings (SSSR count). The van der Waals surface area contributed by atoms with Crippen LogP contribution >= 0.6 is 0 Å². The van der Waals surface area contributed by atoms with E-state index in [9.17, 15) is 13.6 Å². The molecule has 0 atom stereocenters. The number of halogens is 2. The number of rotatable bonds is 5. The summed E-state index contributed by atoms with van der Waals surface area (Å²) >= 11 is 0. The molecule has 1 aromatic carbocycles. The van der Waals surface area contributed by atoms with Crippen molar-refractivity contribution in [2.45, 2.75) is 6.54 Å². The number of carboxylic acids is 1. The molecule has 0 saturated heterocycles. The fourth-order valence-corrected chi connectivity index (χ4v) is 1.38. The first-order valence-electron chi connectivity index (χ1n) is 4.84. The number of carboxylic acid groups (broad SMARTS) is 1. The molecule has 3 nitrogen and oxygen atoms in total. The van der Waals surface area contributed by atoms with Crippen molar-refractivity contribution in [2.24, 2.45) is 0 Å². The Bertz CT molecular complexity index is 454. The number of hydrogen-bond acceptors (Lipinski definition) is 2. The summed E-state index contributed by atoms with van der Waals surface area (Å²) in [6.45, 7) is 0.0438. The lowest BCUT2D eigenvalue weighted by Crippen LogP contribution is -2.29. The van der Waals surface area contributed by atoms with Gasteiger partial charge < -0.3 is 5.11 Å². The Labute approximate surface area is 97.7 Å². The SMILES string of the molecule is C#CCN(CC(=O)O)Cc1ccc(F)c(F)c1. The van der Waals surface area contributed by atoms with E-state index in [1.165, 1.54) is 11.0 Å². The van der Waals surface area contributed by atoms with Crippen molar-refractivity contribution < 1.29 is 18.7 Å². The average Bonchev–Trinajstić information content (AvgIpc) is 2.23. The molecule has 0 fully saturated rings. The highest BCUT2D eigenvalue weighted by atomic mass is 19.2. The minimum atomic E-state index is -1.03. The highest BCUT2D eigenvalue weighted by Gasteiger charge is 2.10. The minimum Gasteiger partial charge on any atom is -0.480 e. The van der Waals surface area contributed by atoms with Gasteiger partial charge in [-0.15, -0.1) is 6.42 Å². The van der Waals surface area contributed by atoms with Gasteiger partial charge in [0.25, 0.3) is 0 Å². The molecule has 0 aromatic heterocycles. The summed E-state index contributed by atoms with van der Waals surface area (Å²) < 4.78 is 25.6. The Morgan fingerprint density at radius 2 is 2.12 bits per heavy atom. The molecular weight excluding hydrogens is 228 g/mol. The number of nitrogens with zero attached hydrogens (tertiary/aromatic N) is 1. The third-order valence-electron chi connectivity index (χ3n) is 2.06. The smallest absolute Gasteiger partial charge is 0.317 e. The number of carbonyl (C=O) groups is 1. The molecule has 0 aliphatic carbocycles. The van der Waals surface area contributed by atoms with Crippen LogP contribution in [-0.2, 0) is 11.3 Å². The third-order valence-corrected chi connectivity index (χ3v) is 2.06. The van der Waals surface area contributed by atoms with E-state index in [4.69, 9.17) is 11.5 Å². The van der Waals surface area contributed by atoms with E-state index in [2.05, 4.69) is 5.92 Å². The third kappa shape index (κ3) is 4.21. The zero-order chi connectivity index (χ0) is 12.8. The highest BCUT2D eigenvalue weighted by molar-refractivity contribution is 5.69. The molecule has 0 unspecified atom stereocenters. The fourth-order valence-electron chi connectivity index (χ4n) is 1.38. The summed E-state index contributed by atoms with van der Waals surface area (Å²) in [5, 5.41) is 8.64. The molecule has 0 aliphatic rings. The van der Waals surface area contributed by atoms with Crippen molar-refractivity contribution in [1.29, 1.82) is 0 Å². The second-order valence-electron chi connectivity index (χ2n) is 3.49. The van der Waals surface area contributed by atoms with Gasteiger partial charge in [0, 0.05) is 6.54 Å². The zero-order valence-corrected chi connectivity index (χ0v) is 8.99. The molecule has 17 heavy (non-hydrogen) atoms. The lowest BCUT2D eigenvalue weighted by atomic mass is 10.2. The lowest BCUT2D eigenvalue weighted by molar-refractivity contribution is -0.138. The fraction of sp³-hybridized carbons (Fsp3) is 0.250. The zero-order valence-electron chi connectivity index (χ0n) is 8.99. The van der Waals surface area contributed by atoms with Crippen LogP contribution in [0.2, 0.25) is 0 Å². The van der Waals surface area contributed by atoms with Crippen molar-refractivity contribution in [3.8, 4) is 12.3 Å². The van der Waals surface area contributed by atoms with Gasteiger partial charge in [-0.3, -0.25) is 9.69 Å². The Hall–Kier alpha value is -1.93. The summed E-state index contributed by atoms with van der Waals surface area (Å²) in [5.41, 5.74) is 0.473. The van der Waals surface area contributed by atoms with Crippen molar-refractivity contribution in [2.75, 3.05) is 13.1 Å². The van der Waals surface area contributed by atoms with E-state index in [0.29, 0.717) is 5.56 Å². The molecule has 1 aromatic rings. The summed E-state index contributed by atoms with van der Waals surface area (Å²) in [6, 6.07) is 3.42. The van der Waals surface area contributed by atoms with Gasteiger partial charge in [0.2, 0.25) is 0 Å². The van der Waals surface area contributed by atoms with E-state index in [-0.39, 0.29) is 19.6 Å². The van der Waals surface area contributed by atoms with Crippen LogP contribution in [0.1, 0.15) is 5.56 Å². The molecule has 0 aliphatic heterocycles. The van der Waals surface area contributed by atoms with Gasteiger partial charge >= 0.3 is 5.97 Å². The van der Waals surface area contributed by atoms with Gasteiger partial charge in [-0.25, -0.2) is 8.78 Å². The normalized spacial score (nSPS) is 10.2. The van der Waals surface area contributed by atoms with Crippen LogP contribution < -0.4 is 0 Å². The maximum Gasteiger partial charge on any atom is 0.317 e. The number of hydrogen-bond donors (Lipinski definition) is 1. The van der Waals surface area contributed by atoms with E-state index in [1.807, 2.05) is 0 Å². The second kappa shape index (κ2) is 5.97. The maximum atomic E-state index is 12.9. The van der Waals surface area contributed by atoms with Gasteiger partial charge in [0.15, 0.2) is 11.6 Å². The molecule has 90 valence electrons. The van der Waals surface area contributed by atoms with E-state index in [0.717, 1.165) is 12.1 Å². The summed E-state index contributed by atoms with van der Waals surface area (Å²) in [5.74, 6) is -0.605. The molecule has 0 bridgehead atoms. The highest BCUT2D eigenvalue weighted by Crippen LogP contribution is 2.10. The van der Waals surface area contributed by atoms with Gasteiger partial charge in [0.1, 0.15) is 0 Å². The number of aliphatic carboxylic acids is 1. The van der Waals surface area contributed by atoms with Crippen molar-refractivity contribution in [1.82, 2.24) is 4.90 Å². The van der Waals surface area contributed by atoms with Crippen LogP contribution in [0, 0.1) is 24.0 Å². The monoisotopic (exact) mass is 239 g/mol. The second-order valence-corrected chi connectivity index (χ2v) is 3.49. The van der Waals surface area contributed by atoms with Crippen molar-refractivity contribution >= 4 is 5.97 Å². The molecule has 5 heteroatoms. The number of benzene rings is 1. The van der Waals surface area contributed by atoms with Crippen LogP contribution in [0.5, 0.6) is 0 Å². The topological polar surface area (TPSA) is 40.5 Å². The predicted octanol–water partition coefficient (Wildman–Crippen LogP) is 1.48. The first kappa shape index (κ1) is 13.1. The van der Waals surface area contributed by atoms with Crippen LogP contribution in [0.4, 0.5) is 8.78 Å². The van der Waals surface area contributed by atoms with Gasteiger partial charge in [-0.1, -0.05) is 12.0 Å². The molecule has 0 spiro atoms. The molecule has 0 radical (unpaired) electrons. The van der Waals surface area contributed by atoms with E-state index >= 15 is 0 Å². The Morgan fingerprint density at radius 1 is 1.41 bits per heavy atom. The Kier molecular flexibility index (Phi) is 4.61. The summed E-state index contributed by atoms with van der Waals surface area (Å²) in [6.07, 6.45) is 5.09. The molecule has 0 amide bonds. The Balaban J connectivity index is 2.75. The molecular formula is C12H11F2NO2. The standard InChI is InChI=1S/C12H11F2NO2/c1-2-5-15(8-12(16)17)7-9-3-4-10(13)11(14)6-9/h1,3-4,6H,5,7-8H2,(H,16,17). The molecule has 0 heterocycles. The van der Waals surface area contributed by atoms with Gasteiger partial charge in [-0.05, 0) is 17.7 Å². The molecule has 0 saturated carbocycles. The van der Waals surface area contributed by atoms with Crippen LogP contribution in [0.15, 0.2) is 18.2 Å². The quantitative estimate of drug-likeness (QED) is 0.791. The summed E-state index contributed by atoms with van der Waals surface area (Å²) in [7, 11) is 0. The first-order chi connectivity index (χ1) is 8.02. The largest absolute Gasteiger partial charge is 0.480 e.